The molecule has 2 fully saturated rings. The van der Waals surface area contributed by atoms with Gasteiger partial charge in [-0.25, -0.2) is 26.8 Å². The van der Waals surface area contributed by atoms with Crippen LogP contribution in [0.2, 0.25) is 20.1 Å². The molecule has 2 aromatic heterocycles. The van der Waals surface area contributed by atoms with Crippen molar-refractivity contribution in [3.8, 4) is 5.75 Å². The van der Waals surface area contributed by atoms with Gasteiger partial charge in [0, 0.05) is 86.0 Å². The molecule has 0 amide bonds. The fourth-order valence-corrected chi connectivity index (χ4v) is 13.4. The molecular weight excluding hydrogens is 975 g/mol. The van der Waals surface area contributed by atoms with Crippen LogP contribution in [0.5, 0.6) is 5.75 Å². The summed E-state index contributed by atoms with van der Waals surface area (Å²) in [5.41, 5.74) is 5.81. The summed E-state index contributed by atoms with van der Waals surface area (Å²) >= 11 is 27.4. The maximum Gasteiger partial charge on any atom is 0.244 e. The van der Waals surface area contributed by atoms with Gasteiger partial charge < -0.3 is 14.5 Å². The van der Waals surface area contributed by atoms with E-state index < -0.39 is 20.0 Å². The summed E-state index contributed by atoms with van der Waals surface area (Å²) in [6.45, 7) is 8.55. The van der Waals surface area contributed by atoms with Crippen molar-refractivity contribution in [2.75, 3.05) is 68.8 Å². The molecule has 0 atom stereocenters. The second-order valence-electron chi connectivity index (χ2n) is 15.2. The van der Waals surface area contributed by atoms with E-state index in [0.29, 0.717) is 69.0 Å². The van der Waals surface area contributed by atoms with Crippen molar-refractivity contribution in [3.05, 3.63) is 144 Å². The third-order valence-corrected chi connectivity index (χ3v) is 17.8. The molecule has 2 aliphatic rings. The number of piperazine rings is 2. The first-order valence-corrected chi connectivity index (χ1v) is 27.0. The predicted octanol–water partition coefficient (Wildman–Crippen LogP) is 10.5. The molecule has 0 unspecified atom stereocenters. The Kier molecular flexibility index (Phi) is 16.6. The Bertz CT molecular complexity index is 2540. The number of hydrogen-bond donors (Lipinski definition) is 0. The Morgan fingerprint density at radius 2 is 0.969 bits per heavy atom. The molecule has 0 bridgehead atoms. The molecule has 64 heavy (non-hydrogen) atoms. The summed E-state index contributed by atoms with van der Waals surface area (Å²) in [6, 6.07) is 25.8. The van der Waals surface area contributed by atoms with Crippen molar-refractivity contribution < 1.29 is 21.6 Å². The highest BCUT2D eigenvalue weighted by atomic mass is 35.5. The number of aromatic nitrogens is 2. The Hall–Kier alpha value is -3.48. The van der Waals surface area contributed by atoms with E-state index in [9.17, 15) is 16.8 Å². The topological polar surface area (TPSA) is 116 Å². The summed E-state index contributed by atoms with van der Waals surface area (Å²) < 4.78 is 60.5. The molecule has 2 aliphatic heterocycles. The van der Waals surface area contributed by atoms with Crippen LogP contribution in [-0.2, 0) is 39.3 Å². The zero-order chi connectivity index (χ0) is 45.4. The molecule has 4 heterocycles. The van der Waals surface area contributed by atoms with Gasteiger partial charge in [0.05, 0.1) is 28.0 Å². The average Bonchev–Trinajstić information content (AvgIpc) is 3.97. The highest BCUT2D eigenvalue weighted by Crippen LogP contribution is 2.32. The highest BCUT2D eigenvalue weighted by Gasteiger charge is 2.32. The van der Waals surface area contributed by atoms with Gasteiger partial charge in [0.1, 0.15) is 15.5 Å². The van der Waals surface area contributed by atoms with Crippen LogP contribution in [-0.4, -0.2) is 94.4 Å². The maximum absolute atomic E-state index is 13.0. The first-order valence-electron chi connectivity index (χ1n) is 20.8. The van der Waals surface area contributed by atoms with Gasteiger partial charge in [0.2, 0.25) is 20.0 Å². The molecular formula is C45H48Cl4N6O5S4. The molecule has 4 aromatic carbocycles. The third kappa shape index (κ3) is 12.1. The molecule has 0 radical (unpaired) electrons. The van der Waals surface area contributed by atoms with E-state index in [2.05, 4.69) is 63.9 Å². The minimum Gasteiger partial charge on any atom is -0.494 e. The van der Waals surface area contributed by atoms with E-state index >= 15 is 0 Å². The molecule has 0 N–H and O–H groups in total. The quantitative estimate of drug-likeness (QED) is 0.105. The summed E-state index contributed by atoms with van der Waals surface area (Å²) in [5, 5.41) is 7.03. The van der Waals surface area contributed by atoms with Crippen molar-refractivity contribution in [1.82, 2.24) is 18.6 Å². The second-order valence-corrected chi connectivity index (χ2v) is 22.3. The zero-order valence-electron chi connectivity index (χ0n) is 35.3. The van der Waals surface area contributed by atoms with Crippen molar-refractivity contribution in [2.24, 2.45) is 0 Å². The van der Waals surface area contributed by atoms with Crippen LogP contribution in [0.4, 0.5) is 10.3 Å². The molecule has 340 valence electrons. The monoisotopic (exact) mass is 1020 g/mol. The summed E-state index contributed by atoms with van der Waals surface area (Å²) in [5.74, 6) is 0.863. The van der Waals surface area contributed by atoms with E-state index in [1.807, 2.05) is 19.1 Å². The number of ether oxygens (including phenoxy) is 1. The number of anilines is 2. The lowest BCUT2D eigenvalue weighted by atomic mass is 10.1. The lowest BCUT2D eigenvalue weighted by molar-refractivity contribution is 0.340. The third-order valence-electron chi connectivity index (χ3n) is 10.7. The highest BCUT2D eigenvalue weighted by molar-refractivity contribution is 7.89. The average molecular weight is 1020 g/mol. The minimum atomic E-state index is -3.70. The molecule has 2 saturated heterocycles. The number of thiazole rings is 2. The van der Waals surface area contributed by atoms with Crippen LogP contribution < -0.4 is 14.5 Å². The van der Waals surface area contributed by atoms with Gasteiger partial charge in [0.15, 0.2) is 10.3 Å². The largest absolute Gasteiger partial charge is 0.494 e. The van der Waals surface area contributed by atoms with Crippen LogP contribution in [0.3, 0.4) is 0 Å². The van der Waals surface area contributed by atoms with Crippen molar-refractivity contribution >= 4 is 99.4 Å². The van der Waals surface area contributed by atoms with Gasteiger partial charge >= 0.3 is 0 Å². The molecule has 11 nitrogen and oxygen atoms in total. The van der Waals surface area contributed by atoms with E-state index in [0.717, 1.165) is 53.1 Å². The van der Waals surface area contributed by atoms with Crippen LogP contribution in [0.25, 0.3) is 0 Å². The maximum atomic E-state index is 13.0. The molecule has 0 spiro atoms. The number of rotatable bonds is 14. The van der Waals surface area contributed by atoms with E-state index in [4.69, 9.17) is 61.1 Å². The molecule has 8 rings (SSSR count). The Labute approximate surface area is 404 Å². The predicted molar refractivity (Wildman–Crippen MR) is 263 cm³/mol. The normalized spacial score (nSPS) is 15.2. The van der Waals surface area contributed by atoms with Gasteiger partial charge in [-0.05, 0) is 78.6 Å². The van der Waals surface area contributed by atoms with Crippen LogP contribution >= 0.6 is 69.1 Å². The van der Waals surface area contributed by atoms with Gasteiger partial charge in [0.25, 0.3) is 0 Å². The van der Waals surface area contributed by atoms with Crippen LogP contribution in [0.1, 0.15) is 48.3 Å². The number of halogens is 4. The molecule has 0 aliphatic carbocycles. The number of hydrogen-bond acceptors (Lipinski definition) is 11. The number of benzene rings is 4. The Morgan fingerprint density at radius 3 is 1.38 bits per heavy atom. The molecule has 6 aromatic rings. The van der Waals surface area contributed by atoms with E-state index in [1.165, 1.54) is 49.6 Å². The van der Waals surface area contributed by atoms with Crippen LogP contribution in [0, 0.1) is 0 Å². The van der Waals surface area contributed by atoms with Crippen LogP contribution in [0.15, 0.2) is 105 Å². The first kappa shape index (κ1) is 48.5. The first-order chi connectivity index (χ1) is 30.7. The fraction of sp³-hybridized carbons (Fsp3) is 0.333. The summed E-state index contributed by atoms with van der Waals surface area (Å²) in [6.07, 6.45) is 3.79. The molecule has 0 saturated carbocycles. The zero-order valence-corrected chi connectivity index (χ0v) is 41.6. The Balaban J connectivity index is 0.000000191. The van der Waals surface area contributed by atoms with Crippen molar-refractivity contribution in [1.29, 1.82) is 0 Å². The lowest BCUT2D eigenvalue weighted by Crippen LogP contribution is -2.48. The fourth-order valence-electron chi connectivity index (χ4n) is 7.31. The standard InChI is InChI=1S/C23H25Cl2N3O2S2.C22H23Cl2N3O3S2/c1-2-3-17-4-6-18(7-5-17)14-20-16-31-23(26-20)27-10-12-28(13-11-27)32(29,30)22-15-19(24)8-9-21(22)25;1-2-30-19-6-3-16(4-7-19)13-18-15-31-22(25-18)26-9-11-27(12-10-26)32(28,29)21-14-17(23)5-8-20(21)24/h4-9,15-16H,2-3,10-14H2,1H3;3-8,14-15H,2,9-13H2,1H3. The van der Waals surface area contributed by atoms with E-state index in [1.54, 1.807) is 34.8 Å². The lowest BCUT2D eigenvalue weighted by Gasteiger charge is -2.34. The SMILES string of the molecule is CCCc1ccc(Cc2csc(N3CCN(S(=O)(=O)c4cc(Cl)ccc4Cl)CC3)n2)cc1.CCOc1ccc(Cc2csc(N3CCN(S(=O)(=O)c4cc(Cl)ccc4Cl)CC3)n2)cc1. The molecule has 19 heteroatoms. The summed E-state index contributed by atoms with van der Waals surface area (Å²) in [4.78, 5) is 13.9. The second kappa shape index (κ2) is 21.9. The van der Waals surface area contributed by atoms with Gasteiger partial charge in [-0.15, -0.1) is 22.7 Å². The Morgan fingerprint density at radius 1 is 0.562 bits per heavy atom. The van der Waals surface area contributed by atoms with Gasteiger partial charge in [-0.1, -0.05) is 96.1 Å². The van der Waals surface area contributed by atoms with Crippen molar-refractivity contribution in [3.63, 3.8) is 0 Å². The smallest absolute Gasteiger partial charge is 0.244 e. The summed E-state index contributed by atoms with van der Waals surface area (Å²) in [7, 11) is -7.39. The van der Waals surface area contributed by atoms with Gasteiger partial charge in [-0.2, -0.15) is 8.61 Å². The van der Waals surface area contributed by atoms with Crippen molar-refractivity contribution in [2.45, 2.75) is 49.3 Å². The number of sulfonamides is 2. The number of nitrogens with zero attached hydrogens (tertiary/aromatic N) is 6. The number of aryl methyl sites for hydroxylation is 1. The van der Waals surface area contributed by atoms with E-state index in [-0.39, 0.29) is 19.8 Å². The minimum absolute atomic E-state index is 0.0482. The van der Waals surface area contributed by atoms with Gasteiger partial charge in [-0.3, -0.25) is 0 Å².